The molecule has 0 spiro atoms. The molecule has 2 N–H and O–H groups in total. The van der Waals surface area contributed by atoms with Crippen LogP contribution >= 0.6 is 12.6 Å². The summed E-state index contributed by atoms with van der Waals surface area (Å²) in [5.41, 5.74) is 0.363. The van der Waals surface area contributed by atoms with Crippen molar-refractivity contribution in [3.05, 3.63) is 63.8 Å². The molecule has 178 valence electrons. The van der Waals surface area contributed by atoms with Gasteiger partial charge in [0.15, 0.2) is 5.12 Å². The van der Waals surface area contributed by atoms with Crippen LogP contribution in [0.25, 0.3) is 0 Å². The highest BCUT2D eigenvalue weighted by Crippen LogP contribution is 2.28. The lowest BCUT2D eigenvalue weighted by Crippen LogP contribution is -2.43. The Kier molecular flexibility index (Phi) is 7.79. The second kappa shape index (κ2) is 10.7. The van der Waals surface area contributed by atoms with Crippen molar-refractivity contribution in [3.63, 3.8) is 0 Å². The Bertz CT molecular complexity index is 1110. The summed E-state index contributed by atoms with van der Waals surface area (Å²) in [6, 6.07) is 7.12. The smallest absolute Gasteiger partial charge is 0.410 e. The highest BCUT2D eigenvalue weighted by molar-refractivity contribution is 7.96. The van der Waals surface area contributed by atoms with Gasteiger partial charge in [-0.15, -0.1) is 12.6 Å². The Morgan fingerprint density at radius 2 is 1.91 bits per heavy atom. The highest BCUT2D eigenvalue weighted by Gasteiger charge is 2.41. The number of aromatic carboxylic acids is 1. The van der Waals surface area contributed by atoms with Gasteiger partial charge in [-0.3, -0.25) is 24.6 Å². The largest absolute Gasteiger partial charge is 0.478 e. The molecule has 0 aliphatic carbocycles. The van der Waals surface area contributed by atoms with Crippen LogP contribution in [0.4, 0.5) is 16.3 Å². The lowest BCUT2D eigenvalue weighted by molar-refractivity contribution is -0.384. The van der Waals surface area contributed by atoms with Crippen molar-refractivity contribution in [1.82, 2.24) is 9.88 Å². The van der Waals surface area contributed by atoms with Crippen LogP contribution in [0.1, 0.15) is 28.8 Å². The molecule has 0 saturated carbocycles. The molecular weight excluding hydrogens is 468 g/mol. The number of thiol groups is 1. The van der Waals surface area contributed by atoms with Crippen molar-refractivity contribution in [2.75, 3.05) is 11.9 Å². The van der Waals surface area contributed by atoms with E-state index in [2.05, 4.69) is 22.9 Å². The molecule has 1 aliphatic rings. The standard InChI is InChI=1S/C21H20N4O8S/c26-18(34)8-13-7-16(19(27)23-17-6-3-14(9-22-17)20(28)29)24(10-13)21(30)33-11-12-1-4-15(5-2-12)25(31)32/h1-6,9,13,16H,7-8,10-11H2,(H,26,34)(H,28,29)(H,22,23,27)/t13-,16-/m0/s1. The predicted octanol–water partition coefficient (Wildman–Crippen LogP) is 2.50. The van der Waals surface area contributed by atoms with E-state index in [-0.39, 0.29) is 54.1 Å². The molecule has 2 heterocycles. The first-order valence-electron chi connectivity index (χ1n) is 10.0. The maximum Gasteiger partial charge on any atom is 0.410 e. The SMILES string of the molecule is O=C(S)C[C@@H]1C[C@@H](C(=O)Nc2ccc(C(=O)O)cn2)N(C(=O)OCc2ccc([N+](=O)[O-])cc2)C1. The average molecular weight is 488 g/mol. The van der Waals surface area contributed by atoms with Crippen molar-refractivity contribution in [2.45, 2.75) is 25.5 Å². The van der Waals surface area contributed by atoms with Crippen molar-refractivity contribution in [2.24, 2.45) is 5.92 Å². The van der Waals surface area contributed by atoms with E-state index in [1.54, 1.807) is 0 Å². The van der Waals surface area contributed by atoms with E-state index in [4.69, 9.17) is 9.84 Å². The van der Waals surface area contributed by atoms with Gasteiger partial charge in [0, 0.05) is 31.3 Å². The Balaban J connectivity index is 1.68. The van der Waals surface area contributed by atoms with Crippen LogP contribution in [-0.4, -0.2) is 55.6 Å². The van der Waals surface area contributed by atoms with Gasteiger partial charge >= 0.3 is 12.1 Å². The van der Waals surface area contributed by atoms with Gasteiger partial charge in [-0.2, -0.15) is 0 Å². The predicted molar refractivity (Wildman–Crippen MR) is 120 cm³/mol. The van der Waals surface area contributed by atoms with Crippen LogP contribution in [0.2, 0.25) is 0 Å². The minimum Gasteiger partial charge on any atom is -0.478 e. The zero-order chi connectivity index (χ0) is 24.8. The molecule has 34 heavy (non-hydrogen) atoms. The lowest BCUT2D eigenvalue weighted by Gasteiger charge is -2.23. The van der Waals surface area contributed by atoms with Crippen LogP contribution in [0.3, 0.4) is 0 Å². The normalized spacial score (nSPS) is 17.1. The molecule has 1 aromatic carbocycles. The molecule has 1 saturated heterocycles. The zero-order valence-corrected chi connectivity index (χ0v) is 18.5. The summed E-state index contributed by atoms with van der Waals surface area (Å²) in [7, 11) is 0. The molecule has 13 heteroatoms. The lowest BCUT2D eigenvalue weighted by atomic mass is 10.0. The van der Waals surface area contributed by atoms with Crippen LogP contribution in [-0.2, 0) is 20.9 Å². The number of benzene rings is 1. The van der Waals surface area contributed by atoms with Gasteiger partial charge in [-0.25, -0.2) is 14.6 Å². The van der Waals surface area contributed by atoms with Crippen molar-refractivity contribution >= 4 is 47.2 Å². The summed E-state index contributed by atoms with van der Waals surface area (Å²) in [6.45, 7) is -0.0785. The number of carboxylic acid groups (broad SMARTS) is 1. The van der Waals surface area contributed by atoms with Gasteiger partial charge in [0.2, 0.25) is 5.91 Å². The van der Waals surface area contributed by atoms with E-state index in [0.29, 0.717) is 5.56 Å². The van der Waals surface area contributed by atoms with Crippen LogP contribution in [0.5, 0.6) is 0 Å². The number of pyridine rings is 1. The fourth-order valence-corrected chi connectivity index (χ4v) is 3.77. The van der Waals surface area contributed by atoms with Crippen LogP contribution < -0.4 is 5.32 Å². The van der Waals surface area contributed by atoms with Gasteiger partial charge in [0.05, 0.1) is 10.5 Å². The molecule has 0 bridgehead atoms. The average Bonchev–Trinajstić information content (AvgIpc) is 3.21. The van der Waals surface area contributed by atoms with E-state index in [9.17, 15) is 29.3 Å². The number of likely N-dealkylation sites (tertiary alicyclic amines) is 1. The molecule has 2 aromatic rings. The van der Waals surface area contributed by atoms with Gasteiger partial charge in [0.1, 0.15) is 18.5 Å². The van der Waals surface area contributed by atoms with E-state index < -0.39 is 28.9 Å². The highest BCUT2D eigenvalue weighted by atomic mass is 32.1. The molecular formula is C21H20N4O8S. The summed E-state index contributed by atoms with van der Waals surface area (Å²) in [4.78, 5) is 63.3. The molecule has 3 rings (SSSR count). The number of ether oxygens (including phenoxy) is 1. The summed E-state index contributed by atoms with van der Waals surface area (Å²) in [5.74, 6) is -1.95. The van der Waals surface area contributed by atoms with E-state index in [1.165, 1.54) is 41.3 Å². The third kappa shape index (κ3) is 6.28. The molecule has 0 radical (unpaired) electrons. The second-order valence-corrected chi connectivity index (χ2v) is 8.07. The Morgan fingerprint density at radius 1 is 1.21 bits per heavy atom. The van der Waals surface area contributed by atoms with E-state index in [0.717, 1.165) is 6.20 Å². The summed E-state index contributed by atoms with van der Waals surface area (Å²) in [6.07, 6.45) is 0.551. The number of nitrogens with one attached hydrogen (secondary N) is 1. The van der Waals surface area contributed by atoms with Crippen molar-refractivity contribution in [3.8, 4) is 0 Å². The number of carbonyl (C=O) groups excluding carboxylic acids is 3. The van der Waals surface area contributed by atoms with Crippen LogP contribution in [0.15, 0.2) is 42.6 Å². The third-order valence-corrected chi connectivity index (χ3v) is 5.34. The Hall–Kier alpha value is -4.00. The monoisotopic (exact) mass is 488 g/mol. The number of rotatable bonds is 8. The number of nitro benzene ring substituents is 1. The number of nitro groups is 1. The second-order valence-electron chi connectivity index (χ2n) is 7.57. The summed E-state index contributed by atoms with van der Waals surface area (Å²) >= 11 is 3.77. The summed E-state index contributed by atoms with van der Waals surface area (Å²) in [5, 5.41) is 21.9. The number of carbonyl (C=O) groups is 4. The number of non-ortho nitro benzene ring substituents is 1. The molecule has 1 aliphatic heterocycles. The first-order valence-corrected chi connectivity index (χ1v) is 10.5. The number of carboxylic acids is 1. The minimum atomic E-state index is -1.16. The topological polar surface area (TPSA) is 169 Å². The first kappa shape index (κ1) is 24.6. The third-order valence-electron chi connectivity index (χ3n) is 5.16. The van der Waals surface area contributed by atoms with Crippen molar-refractivity contribution in [1.29, 1.82) is 0 Å². The quantitative estimate of drug-likeness (QED) is 0.287. The minimum absolute atomic E-state index is 0.0531. The molecule has 2 atom stereocenters. The number of hydrogen-bond acceptors (Lipinski definition) is 8. The fourth-order valence-electron chi connectivity index (χ4n) is 3.51. The summed E-state index contributed by atoms with van der Waals surface area (Å²) < 4.78 is 5.29. The van der Waals surface area contributed by atoms with Crippen LogP contribution in [0, 0.1) is 16.0 Å². The fraction of sp³-hybridized carbons (Fsp3) is 0.286. The molecule has 2 amide bonds. The first-order chi connectivity index (χ1) is 16.1. The molecule has 1 aromatic heterocycles. The van der Waals surface area contributed by atoms with E-state index >= 15 is 0 Å². The Labute approximate surface area is 198 Å². The number of anilines is 1. The zero-order valence-electron chi connectivity index (χ0n) is 17.6. The maximum atomic E-state index is 12.9. The molecule has 0 unspecified atom stereocenters. The van der Waals surface area contributed by atoms with Gasteiger partial charge in [-0.05, 0) is 42.2 Å². The molecule has 1 fully saturated rings. The number of nitrogens with zero attached hydrogens (tertiary/aromatic N) is 3. The number of aromatic nitrogens is 1. The van der Waals surface area contributed by atoms with Gasteiger partial charge < -0.3 is 15.2 Å². The number of hydrogen-bond donors (Lipinski definition) is 3. The maximum absolute atomic E-state index is 12.9. The van der Waals surface area contributed by atoms with Gasteiger partial charge in [0.25, 0.3) is 5.69 Å². The van der Waals surface area contributed by atoms with Gasteiger partial charge in [-0.1, -0.05) is 0 Å². The number of amides is 2. The Morgan fingerprint density at radius 3 is 2.47 bits per heavy atom. The van der Waals surface area contributed by atoms with Crippen molar-refractivity contribution < 1.29 is 33.9 Å². The van der Waals surface area contributed by atoms with E-state index in [1.807, 2.05) is 0 Å². The molecule has 12 nitrogen and oxygen atoms in total.